The van der Waals surface area contributed by atoms with Gasteiger partial charge in [0.15, 0.2) is 5.17 Å². The van der Waals surface area contributed by atoms with E-state index in [0.717, 1.165) is 22.3 Å². The number of amidine groups is 1. The maximum absolute atomic E-state index is 13.2. The number of thioether (sulfide) groups is 1. The van der Waals surface area contributed by atoms with Crippen LogP contribution < -0.4 is 0 Å². The molecule has 0 aliphatic carbocycles. The van der Waals surface area contributed by atoms with Crippen molar-refractivity contribution in [3.63, 3.8) is 0 Å². The fraction of sp³-hybridized carbons (Fsp3) is 0.107. The molecule has 0 spiro atoms. The molecule has 1 aromatic heterocycles. The van der Waals surface area contributed by atoms with Gasteiger partial charge < -0.3 is 4.42 Å². The van der Waals surface area contributed by atoms with Crippen molar-refractivity contribution in [3.05, 3.63) is 118 Å². The van der Waals surface area contributed by atoms with Crippen LogP contribution in [-0.4, -0.2) is 22.2 Å². The number of hydrogen-bond donors (Lipinski definition) is 0. The number of carbonyl (C=O) groups is 1. The van der Waals surface area contributed by atoms with Crippen LogP contribution in [0.25, 0.3) is 12.2 Å². The van der Waals surface area contributed by atoms with Gasteiger partial charge in [-0.1, -0.05) is 72.8 Å². The Hall–Kier alpha value is -3.90. The quantitative estimate of drug-likeness (QED) is 0.218. The van der Waals surface area contributed by atoms with Gasteiger partial charge >= 0.3 is 0 Å². The van der Waals surface area contributed by atoms with Crippen molar-refractivity contribution in [2.24, 2.45) is 10.2 Å². The summed E-state index contributed by atoms with van der Waals surface area (Å²) in [6.45, 7) is 4.24. The first-order chi connectivity index (χ1) is 16.6. The first-order valence-corrected chi connectivity index (χ1v) is 11.7. The smallest absolute Gasteiger partial charge is 0.267 e. The number of benzene rings is 2. The van der Waals surface area contributed by atoms with E-state index in [0.29, 0.717) is 22.4 Å². The van der Waals surface area contributed by atoms with E-state index in [1.165, 1.54) is 11.8 Å². The Bertz CT molecular complexity index is 1270. The standard InChI is InChI=1S/C28H25N3O2S/c1-21(16-23-10-5-3-6-11-23)18-26-27(32)31(20-25-14-9-15-33-25)28(34-26)30-29-19-22(2)17-24-12-7-4-8-13-24/h3-19H,20H2,1-2H3/b21-16+,22-17+,26-18-,29-19-,30-28+. The number of nitrogens with zero attached hydrogens (tertiary/aromatic N) is 3. The van der Waals surface area contributed by atoms with E-state index in [2.05, 4.69) is 10.2 Å². The van der Waals surface area contributed by atoms with Crippen LogP contribution in [0.15, 0.2) is 116 Å². The number of rotatable bonds is 7. The second-order valence-electron chi connectivity index (χ2n) is 7.81. The highest BCUT2D eigenvalue weighted by Gasteiger charge is 2.34. The molecule has 1 aliphatic heterocycles. The molecule has 1 aliphatic rings. The summed E-state index contributed by atoms with van der Waals surface area (Å²) in [5, 5.41) is 9.14. The van der Waals surface area contributed by atoms with Gasteiger partial charge in [0.1, 0.15) is 5.76 Å². The van der Waals surface area contributed by atoms with E-state index in [-0.39, 0.29) is 5.91 Å². The highest BCUT2D eigenvalue weighted by Crippen LogP contribution is 2.33. The Labute approximate surface area is 203 Å². The van der Waals surface area contributed by atoms with E-state index >= 15 is 0 Å². The molecule has 4 rings (SSSR count). The molecule has 34 heavy (non-hydrogen) atoms. The summed E-state index contributed by atoms with van der Waals surface area (Å²) < 4.78 is 5.46. The van der Waals surface area contributed by atoms with Crippen molar-refractivity contribution in [3.8, 4) is 0 Å². The van der Waals surface area contributed by atoms with E-state index in [9.17, 15) is 4.79 Å². The molecular formula is C28H25N3O2S. The van der Waals surface area contributed by atoms with Gasteiger partial charge in [-0.2, -0.15) is 5.10 Å². The Morgan fingerprint density at radius 3 is 2.18 bits per heavy atom. The largest absolute Gasteiger partial charge is 0.467 e. The predicted octanol–water partition coefficient (Wildman–Crippen LogP) is 6.79. The van der Waals surface area contributed by atoms with Gasteiger partial charge in [0, 0.05) is 0 Å². The summed E-state index contributed by atoms with van der Waals surface area (Å²) in [6, 6.07) is 23.7. The summed E-state index contributed by atoms with van der Waals surface area (Å²) in [7, 11) is 0. The summed E-state index contributed by atoms with van der Waals surface area (Å²) in [5.41, 5.74) is 4.11. The predicted molar refractivity (Wildman–Crippen MR) is 141 cm³/mol. The van der Waals surface area contributed by atoms with Crippen molar-refractivity contribution in [1.29, 1.82) is 0 Å². The van der Waals surface area contributed by atoms with Gasteiger partial charge in [0.2, 0.25) is 0 Å². The van der Waals surface area contributed by atoms with Crippen LogP contribution >= 0.6 is 11.8 Å². The molecule has 1 fully saturated rings. The first kappa shape index (κ1) is 23.3. The Kier molecular flexibility index (Phi) is 7.73. The topological polar surface area (TPSA) is 58.2 Å². The Morgan fingerprint density at radius 1 is 0.912 bits per heavy atom. The number of carbonyl (C=O) groups excluding carboxylic acids is 1. The second kappa shape index (κ2) is 11.3. The highest BCUT2D eigenvalue weighted by molar-refractivity contribution is 8.18. The van der Waals surface area contributed by atoms with Crippen LogP contribution in [0.3, 0.4) is 0 Å². The molecule has 0 saturated carbocycles. The summed E-state index contributed by atoms with van der Waals surface area (Å²) in [4.78, 5) is 15.4. The molecule has 5 nitrogen and oxygen atoms in total. The van der Waals surface area contributed by atoms with Crippen molar-refractivity contribution in [2.75, 3.05) is 0 Å². The SMILES string of the molecule is CC(/C=N\N=C1\S/C(=C\C(C)=C\c2ccccc2)C(=O)N1Cc1ccco1)=C\c1ccccc1. The van der Waals surface area contributed by atoms with E-state index in [4.69, 9.17) is 4.42 Å². The minimum atomic E-state index is -0.118. The molecule has 0 radical (unpaired) electrons. The van der Waals surface area contributed by atoms with Crippen LogP contribution in [0.1, 0.15) is 30.7 Å². The Morgan fingerprint density at radius 2 is 1.56 bits per heavy atom. The maximum Gasteiger partial charge on any atom is 0.267 e. The molecule has 2 heterocycles. The van der Waals surface area contributed by atoms with Crippen LogP contribution in [0.5, 0.6) is 0 Å². The lowest BCUT2D eigenvalue weighted by Gasteiger charge is -2.12. The summed E-state index contributed by atoms with van der Waals surface area (Å²) >= 11 is 1.32. The van der Waals surface area contributed by atoms with Gasteiger partial charge in [-0.05, 0) is 66.1 Å². The highest BCUT2D eigenvalue weighted by atomic mass is 32.2. The lowest BCUT2D eigenvalue weighted by molar-refractivity contribution is -0.122. The van der Waals surface area contributed by atoms with Crippen molar-refractivity contribution < 1.29 is 9.21 Å². The molecule has 170 valence electrons. The van der Waals surface area contributed by atoms with Crippen LogP contribution in [0, 0.1) is 0 Å². The lowest BCUT2D eigenvalue weighted by Crippen LogP contribution is -2.28. The van der Waals surface area contributed by atoms with Crippen LogP contribution in [-0.2, 0) is 11.3 Å². The Balaban J connectivity index is 1.57. The molecule has 3 aromatic rings. The molecule has 0 N–H and O–H groups in total. The molecule has 2 aromatic carbocycles. The maximum atomic E-state index is 13.2. The summed E-state index contributed by atoms with van der Waals surface area (Å²) in [5.74, 6) is 0.566. The van der Waals surface area contributed by atoms with Gasteiger partial charge in [-0.15, -0.1) is 5.10 Å². The second-order valence-corrected chi connectivity index (χ2v) is 8.82. The minimum Gasteiger partial charge on any atom is -0.467 e. The van der Waals surface area contributed by atoms with E-state index < -0.39 is 0 Å². The third-order valence-corrected chi connectivity index (χ3v) is 5.93. The first-order valence-electron chi connectivity index (χ1n) is 10.9. The molecule has 0 bridgehead atoms. The number of allylic oxidation sites excluding steroid dienone is 3. The monoisotopic (exact) mass is 467 g/mol. The van der Waals surface area contributed by atoms with Gasteiger partial charge in [-0.3, -0.25) is 9.69 Å². The number of amides is 1. The molecule has 1 saturated heterocycles. The van der Waals surface area contributed by atoms with Crippen molar-refractivity contribution in [1.82, 2.24) is 4.90 Å². The van der Waals surface area contributed by atoms with E-state index in [1.807, 2.05) is 98.8 Å². The zero-order chi connectivity index (χ0) is 23.8. The zero-order valence-electron chi connectivity index (χ0n) is 19.1. The van der Waals surface area contributed by atoms with Crippen LogP contribution in [0.2, 0.25) is 0 Å². The van der Waals surface area contributed by atoms with Crippen LogP contribution in [0.4, 0.5) is 0 Å². The summed E-state index contributed by atoms with van der Waals surface area (Å²) in [6.07, 6.45) is 9.25. The molecular weight excluding hydrogens is 442 g/mol. The zero-order valence-corrected chi connectivity index (χ0v) is 19.9. The fourth-order valence-electron chi connectivity index (χ4n) is 3.36. The molecule has 0 unspecified atom stereocenters. The van der Waals surface area contributed by atoms with Gasteiger partial charge in [0.05, 0.1) is 23.9 Å². The van der Waals surface area contributed by atoms with E-state index in [1.54, 1.807) is 23.4 Å². The molecule has 0 atom stereocenters. The van der Waals surface area contributed by atoms with Gasteiger partial charge in [0.25, 0.3) is 5.91 Å². The number of hydrogen-bond acceptors (Lipinski definition) is 5. The third-order valence-electron chi connectivity index (χ3n) is 4.93. The average molecular weight is 468 g/mol. The molecule has 1 amide bonds. The lowest BCUT2D eigenvalue weighted by atomic mass is 10.1. The minimum absolute atomic E-state index is 0.118. The van der Waals surface area contributed by atoms with Crippen molar-refractivity contribution >= 4 is 41.2 Å². The van der Waals surface area contributed by atoms with Gasteiger partial charge in [-0.25, -0.2) is 0 Å². The third kappa shape index (κ3) is 6.33. The van der Waals surface area contributed by atoms with Crippen molar-refractivity contribution in [2.45, 2.75) is 20.4 Å². The average Bonchev–Trinajstić information content (AvgIpc) is 3.45. The fourth-order valence-corrected chi connectivity index (χ4v) is 4.34. The normalized spacial score (nSPS) is 17.5. The molecule has 6 heteroatoms. The number of furan rings is 1.